The van der Waals surface area contributed by atoms with E-state index in [-0.39, 0.29) is 0 Å². The van der Waals surface area contributed by atoms with Gasteiger partial charge in [0.15, 0.2) is 0 Å². The Balaban J connectivity index is 1.66. The molecule has 2 bridgehead atoms. The second-order valence-electron chi connectivity index (χ2n) is 5.06. The molecule has 80 valence electrons. The van der Waals surface area contributed by atoms with Crippen LogP contribution >= 0.6 is 0 Å². The monoisotopic (exact) mass is 196 g/mol. The third-order valence-corrected chi connectivity index (χ3v) is 4.08. The lowest BCUT2D eigenvalue weighted by molar-refractivity contribution is -0.0486. The highest BCUT2D eigenvalue weighted by Crippen LogP contribution is 2.35. The number of likely N-dealkylation sites (tertiary alicyclic amines) is 1. The van der Waals surface area contributed by atoms with E-state index in [1.807, 2.05) is 0 Å². The van der Waals surface area contributed by atoms with Crippen LogP contribution in [0.2, 0.25) is 0 Å². The molecular weight excluding hydrogens is 176 g/mol. The molecule has 3 rings (SSSR count). The van der Waals surface area contributed by atoms with E-state index in [0.29, 0.717) is 24.3 Å². The number of nitrogens with zero attached hydrogens (tertiary/aromatic N) is 1. The minimum Gasteiger partial charge on any atom is -0.373 e. The van der Waals surface area contributed by atoms with Crippen LogP contribution in [0, 0.1) is 0 Å². The summed E-state index contributed by atoms with van der Waals surface area (Å²) in [6.45, 7) is 2.28. The highest BCUT2D eigenvalue weighted by Gasteiger charge is 2.40. The predicted octanol–water partition coefficient (Wildman–Crippen LogP) is 0.729. The number of ether oxygens (including phenoxy) is 1. The van der Waals surface area contributed by atoms with E-state index in [4.69, 9.17) is 10.5 Å². The van der Waals surface area contributed by atoms with Crippen molar-refractivity contribution in [1.82, 2.24) is 4.90 Å². The maximum Gasteiger partial charge on any atom is 0.0735 e. The molecular formula is C11H20N2O. The van der Waals surface area contributed by atoms with Gasteiger partial charge in [-0.05, 0) is 32.1 Å². The predicted molar refractivity (Wildman–Crippen MR) is 55.1 cm³/mol. The quantitative estimate of drug-likeness (QED) is 0.672. The van der Waals surface area contributed by atoms with Gasteiger partial charge in [0.1, 0.15) is 0 Å². The summed E-state index contributed by atoms with van der Waals surface area (Å²) in [5, 5.41) is 0. The van der Waals surface area contributed by atoms with Gasteiger partial charge in [0.05, 0.1) is 12.2 Å². The number of rotatable bonds is 1. The van der Waals surface area contributed by atoms with Gasteiger partial charge in [0.2, 0.25) is 0 Å². The summed E-state index contributed by atoms with van der Waals surface area (Å²) in [6, 6.07) is 1.09. The minimum absolute atomic E-state index is 0.411. The van der Waals surface area contributed by atoms with Crippen molar-refractivity contribution in [2.24, 2.45) is 5.73 Å². The van der Waals surface area contributed by atoms with Gasteiger partial charge >= 0.3 is 0 Å². The largest absolute Gasteiger partial charge is 0.373 e. The molecule has 14 heavy (non-hydrogen) atoms. The third-order valence-electron chi connectivity index (χ3n) is 4.08. The maximum absolute atomic E-state index is 5.98. The number of hydrogen-bond acceptors (Lipinski definition) is 3. The summed E-state index contributed by atoms with van der Waals surface area (Å²) in [4.78, 5) is 2.57. The molecule has 0 spiro atoms. The maximum atomic E-state index is 5.98. The van der Waals surface area contributed by atoms with Crippen molar-refractivity contribution in [3.63, 3.8) is 0 Å². The van der Waals surface area contributed by atoms with Crippen LogP contribution in [-0.2, 0) is 4.74 Å². The summed E-state index contributed by atoms with van der Waals surface area (Å²) < 4.78 is 5.98. The highest BCUT2D eigenvalue weighted by atomic mass is 16.5. The van der Waals surface area contributed by atoms with Crippen molar-refractivity contribution in [1.29, 1.82) is 0 Å². The van der Waals surface area contributed by atoms with E-state index >= 15 is 0 Å². The average Bonchev–Trinajstić information content (AvgIpc) is 2.75. The van der Waals surface area contributed by atoms with Gasteiger partial charge in [0.25, 0.3) is 0 Å². The molecule has 3 aliphatic rings. The first-order chi connectivity index (χ1) is 6.83. The molecule has 2 N–H and O–H groups in total. The summed E-state index contributed by atoms with van der Waals surface area (Å²) in [7, 11) is 0. The number of fused-ring (bicyclic) bond motifs is 2. The lowest BCUT2D eigenvalue weighted by Crippen LogP contribution is -2.45. The fourth-order valence-corrected chi connectivity index (χ4v) is 3.31. The molecule has 0 radical (unpaired) electrons. The van der Waals surface area contributed by atoms with Crippen molar-refractivity contribution in [3.05, 3.63) is 0 Å². The van der Waals surface area contributed by atoms with E-state index in [1.165, 1.54) is 38.6 Å². The standard InChI is InChI=1S/C11H20N2O/c12-8-5-6-13(7-8)10-3-1-9-2-4-11(10)14-9/h8-11H,1-7,12H2. The Morgan fingerprint density at radius 3 is 2.71 bits per heavy atom. The zero-order chi connectivity index (χ0) is 9.54. The molecule has 0 aliphatic carbocycles. The molecule has 0 saturated carbocycles. The molecule has 0 aromatic rings. The molecule has 0 amide bonds. The highest BCUT2D eigenvalue weighted by molar-refractivity contribution is 4.94. The second-order valence-corrected chi connectivity index (χ2v) is 5.06. The molecule has 3 nitrogen and oxygen atoms in total. The molecule has 3 aliphatic heterocycles. The second kappa shape index (κ2) is 3.47. The van der Waals surface area contributed by atoms with Crippen LogP contribution in [0.15, 0.2) is 0 Å². The van der Waals surface area contributed by atoms with Gasteiger partial charge in [-0.25, -0.2) is 0 Å². The van der Waals surface area contributed by atoms with Crippen LogP contribution in [0.4, 0.5) is 0 Å². The Hall–Kier alpha value is -0.120. The molecule has 4 unspecified atom stereocenters. The zero-order valence-corrected chi connectivity index (χ0v) is 8.69. The smallest absolute Gasteiger partial charge is 0.0735 e. The van der Waals surface area contributed by atoms with Crippen molar-refractivity contribution in [2.45, 2.75) is 56.4 Å². The molecule has 3 heteroatoms. The first kappa shape index (κ1) is 9.13. The van der Waals surface area contributed by atoms with E-state index in [2.05, 4.69) is 4.90 Å². The lowest BCUT2D eigenvalue weighted by Gasteiger charge is -2.36. The van der Waals surface area contributed by atoms with Crippen LogP contribution in [-0.4, -0.2) is 42.3 Å². The Morgan fingerprint density at radius 2 is 1.93 bits per heavy atom. The molecule has 3 fully saturated rings. The first-order valence-corrected chi connectivity index (χ1v) is 5.98. The molecule has 0 aromatic carbocycles. The molecule has 4 atom stereocenters. The van der Waals surface area contributed by atoms with Gasteiger partial charge in [-0.1, -0.05) is 0 Å². The Kier molecular flexibility index (Phi) is 2.26. The topological polar surface area (TPSA) is 38.5 Å². The van der Waals surface area contributed by atoms with E-state index in [9.17, 15) is 0 Å². The Morgan fingerprint density at radius 1 is 1.07 bits per heavy atom. The van der Waals surface area contributed by atoms with Crippen LogP contribution < -0.4 is 5.73 Å². The number of hydrogen-bond donors (Lipinski definition) is 1. The van der Waals surface area contributed by atoms with Crippen molar-refractivity contribution < 1.29 is 4.74 Å². The van der Waals surface area contributed by atoms with Crippen LogP contribution in [0.1, 0.15) is 32.1 Å². The summed E-state index contributed by atoms with van der Waals surface area (Å²) in [5.74, 6) is 0. The van der Waals surface area contributed by atoms with Crippen molar-refractivity contribution in [3.8, 4) is 0 Å². The molecule has 3 saturated heterocycles. The average molecular weight is 196 g/mol. The van der Waals surface area contributed by atoms with Crippen molar-refractivity contribution >= 4 is 0 Å². The van der Waals surface area contributed by atoms with Crippen molar-refractivity contribution in [2.75, 3.05) is 13.1 Å². The fraction of sp³-hybridized carbons (Fsp3) is 1.00. The SMILES string of the molecule is NC1CCN(C2CCC3CCC2O3)C1. The van der Waals surface area contributed by atoms with E-state index in [1.54, 1.807) is 0 Å². The van der Waals surface area contributed by atoms with Crippen LogP contribution in [0.5, 0.6) is 0 Å². The van der Waals surface area contributed by atoms with E-state index < -0.39 is 0 Å². The number of nitrogens with two attached hydrogens (primary N) is 1. The van der Waals surface area contributed by atoms with E-state index in [0.717, 1.165) is 6.54 Å². The lowest BCUT2D eigenvalue weighted by atomic mass is 10.0. The van der Waals surface area contributed by atoms with Gasteiger partial charge in [-0.15, -0.1) is 0 Å². The summed E-state index contributed by atoms with van der Waals surface area (Å²) in [5.41, 5.74) is 5.95. The van der Waals surface area contributed by atoms with Gasteiger partial charge < -0.3 is 10.5 Å². The van der Waals surface area contributed by atoms with Gasteiger partial charge in [-0.2, -0.15) is 0 Å². The Labute approximate surface area is 85.6 Å². The van der Waals surface area contributed by atoms with Gasteiger partial charge in [-0.3, -0.25) is 4.90 Å². The third kappa shape index (κ3) is 1.47. The van der Waals surface area contributed by atoms with Crippen LogP contribution in [0.25, 0.3) is 0 Å². The molecule has 3 heterocycles. The normalized spacial score (nSPS) is 48.6. The summed E-state index contributed by atoms with van der Waals surface area (Å²) >= 11 is 0. The fourth-order valence-electron chi connectivity index (χ4n) is 3.31. The van der Waals surface area contributed by atoms with Gasteiger partial charge in [0, 0.05) is 25.2 Å². The molecule has 0 aromatic heterocycles. The van der Waals surface area contributed by atoms with Crippen LogP contribution in [0.3, 0.4) is 0 Å². The zero-order valence-electron chi connectivity index (χ0n) is 8.69. The summed E-state index contributed by atoms with van der Waals surface area (Å²) in [6.07, 6.45) is 7.47. The Bertz CT molecular complexity index is 221. The first-order valence-electron chi connectivity index (χ1n) is 5.98. The minimum atomic E-state index is 0.411.